The number of carboxylic acid groups (broad SMARTS) is 1. The first-order chi connectivity index (χ1) is 13.6. The predicted octanol–water partition coefficient (Wildman–Crippen LogP) is 6.59. The summed E-state index contributed by atoms with van der Waals surface area (Å²) >= 11 is 0. The molecular formula is C24H45NO3. The Kier molecular flexibility index (Phi) is 18.1. The van der Waals surface area contributed by atoms with Crippen molar-refractivity contribution in [2.45, 2.75) is 111 Å². The molecule has 0 aromatic heterocycles. The molecule has 0 aliphatic heterocycles. The smallest absolute Gasteiger partial charge is 0.307 e. The zero-order chi connectivity index (χ0) is 21.0. The fourth-order valence-electron chi connectivity index (χ4n) is 3.51. The van der Waals surface area contributed by atoms with Gasteiger partial charge in [-0.15, -0.1) is 0 Å². The Balaban J connectivity index is 3.69. The number of aliphatic carboxylic acids is 1. The highest BCUT2D eigenvalue weighted by molar-refractivity contribution is 5.82. The number of rotatable bonds is 19. The molecule has 0 saturated heterocycles. The Morgan fingerprint density at radius 3 is 1.79 bits per heavy atom. The molecule has 28 heavy (non-hydrogen) atoms. The summed E-state index contributed by atoms with van der Waals surface area (Å²) in [6.07, 6.45) is 20.0. The van der Waals surface area contributed by atoms with Gasteiger partial charge in [-0.05, 0) is 46.0 Å². The molecule has 1 amide bonds. The van der Waals surface area contributed by atoms with Gasteiger partial charge in [-0.25, -0.2) is 0 Å². The quantitative estimate of drug-likeness (QED) is 0.198. The molecule has 0 aliphatic carbocycles. The minimum Gasteiger partial charge on any atom is -0.481 e. The van der Waals surface area contributed by atoms with E-state index in [1.807, 2.05) is 13.8 Å². The van der Waals surface area contributed by atoms with Crippen LogP contribution in [0.1, 0.15) is 111 Å². The molecule has 1 atom stereocenters. The number of carbonyl (C=O) groups is 2. The molecule has 0 radical (unpaired) electrons. The van der Waals surface area contributed by atoms with E-state index in [0.29, 0.717) is 19.5 Å². The van der Waals surface area contributed by atoms with E-state index < -0.39 is 11.9 Å². The van der Waals surface area contributed by atoms with Crippen molar-refractivity contribution in [2.75, 3.05) is 13.1 Å². The van der Waals surface area contributed by atoms with Gasteiger partial charge in [-0.2, -0.15) is 0 Å². The fourth-order valence-corrected chi connectivity index (χ4v) is 3.51. The van der Waals surface area contributed by atoms with E-state index in [4.69, 9.17) is 0 Å². The first-order valence-corrected chi connectivity index (χ1v) is 11.7. The molecule has 0 aromatic rings. The summed E-state index contributed by atoms with van der Waals surface area (Å²) in [4.78, 5) is 25.3. The minimum absolute atomic E-state index is 0.0316. The van der Waals surface area contributed by atoms with Crippen molar-refractivity contribution in [1.82, 2.24) is 4.90 Å². The predicted molar refractivity (Wildman–Crippen MR) is 119 cm³/mol. The number of unbranched alkanes of at least 4 members (excludes halogenated alkanes) is 10. The number of carbonyl (C=O) groups excluding carboxylic acids is 1. The average molecular weight is 396 g/mol. The number of hydrogen-bond acceptors (Lipinski definition) is 2. The van der Waals surface area contributed by atoms with E-state index in [9.17, 15) is 14.7 Å². The van der Waals surface area contributed by atoms with E-state index in [-0.39, 0.29) is 12.3 Å². The number of amides is 1. The summed E-state index contributed by atoms with van der Waals surface area (Å²) in [7, 11) is 0. The van der Waals surface area contributed by atoms with Crippen molar-refractivity contribution in [3.05, 3.63) is 12.2 Å². The molecule has 0 fully saturated rings. The summed E-state index contributed by atoms with van der Waals surface area (Å²) in [6.45, 7) is 7.40. The van der Waals surface area contributed by atoms with Gasteiger partial charge in [0, 0.05) is 19.5 Å². The monoisotopic (exact) mass is 395 g/mol. The maximum Gasteiger partial charge on any atom is 0.307 e. The SMILES string of the molecule is CCCCCC/C=C/CCCCCCCCC(CC(=O)N(CC)CC)C(=O)O. The molecule has 1 N–H and O–H groups in total. The standard InChI is InChI=1S/C24H45NO3/c1-4-7-8-9-10-11-12-13-14-15-16-17-18-19-20-22(24(27)28)21-23(26)25(5-2)6-3/h11-12,22H,4-10,13-21H2,1-3H3,(H,27,28)/b12-11+. The van der Waals surface area contributed by atoms with Crippen LogP contribution >= 0.6 is 0 Å². The minimum atomic E-state index is -0.831. The second kappa shape index (κ2) is 19.0. The maximum atomic E-state index is 12.1. The first kappa shape index (κ1) is 26.7. The molecule has 164 valence electrons. The lowest BCUT2D eigenvalue weighted by Crippen LogP contribution is -2.33. The summed E-state index contributed by atoms with van der Waals surface area (Å²) in [5.41, 5.74) is 0. The first-order valence-electron chi connectivity index (χ1n) is 11.7. The van der Waals surface area contributed by atoms with Crippen LogP contribution in [0.3, 0.4) is 0 Å². The molecule has 0 aromatic carbocycles. The van der Waals surface area contributed by atoms with Crippen LogP contribution < -0.4 is 0 Å². The molecule has 0 bridgehead atoms. The highest BCUT2D eigenvalue weighted by atomic mass is 16.4. The van der Waals surface area contributed by atoms with Gasteiger partial charge in [0.05, 0.1) is 5.92 Å². The van der Waals surface area contributed by atoms with Crippen molar-refractivity contribution < 1.29 is 14.7 Å². The van der Waals surface area contributed by atoms with Crippen molar-refractivity contribution in [3.8, 4) is 0 Å². The zero-order valence-electron chi connectivity index (χ0n) is 18.8. The van der Waals surface area contributed by atoms with Crippen LogP contribution in [0.5, 0.6) is 0 Å². The van der Waals surface area contributed by atoms with Crippen molar-refractivity contribution in [3.63, 3.8) is 0 Å². The van der Waals surface area contributed by atoms with Gasteiger partial charge in [0.25, 0.3) is 0 Å². The largest absolute Gasteiger partial charge is 0.481 e. The lowest BCUT2D eigenvalue weighted by molar-refractivity contribution is -0.146. The number of allylic oxidation sites excluding steroid dienone is 2. The molecule has 0 aliphatic rings. The number of carboxylic acids is 1. The van der Waals surface area contributed by atoms with E-state index in [1.165, 1.54) is 57.8 Å². The molecular weight excluding hydrogens is 350 g/mol. The van der Waals surface area contributed by atoms with Crippen LogP contribution in [0.4, 0.5) is 0 Å². The Bertz CT molecular complexity index is 416. The molecule has 1 unspecified atom stereocenters. The normalized spacial score (nSPS) is 12.4. The fraction of sp³-hybridized carbons (Fsp3) is 0.833. The van der Waals surface area contributed by atoms with Crippen LogP contribution in [0, 0.1) is 5.92 Å². The summed E-state index contributed by atoms with van der Waals surface area (Å²) in [5, 5.41) is 9.38. The molecule has 0 heterocycles. The molecule has 0 spiro atoms. The maximum absolute atomic E-state index is 12.1. The van der Waals surface area contributed by atoms with Crippen molar-refractivity contribution in [2.24, 2.45) is 5.92 Å². The molecule has 4 heteroatoms. The third-order valence-electron chi connectivity index (χ3n) is 5.45. The average Bonchev–Trinajstić information content (AvgIpc) is 2.68. The summed E-state index contributed by atoms with van der Waals surface area (Å²) < 4.78 is 0. The van der Waals surface area contributed by atoms with E-state index in [1.54, 1.807) is 4.90 Å². The van der Waals surface area contributed by atoms with Gasteiger partial charge in [0.1, 0.15) is 0 Å². The summed E-state index contributed by atoms with van der Waals surface area (Å²) in [5.74, 6) is -1.40. The highest BCUT2D eigenvalue weighted by Gasteiger charge is 2.22. The molecule has 4 nitrogen and oxygen atoms in total. The van der Waals surface area contributed by atoms with Gasteiger partial charge in [0.2, 0.25) is 5.91 Å². The van der Waals surface area contributed by atoms with Crippen LogP contribution in [-0.2, 0) is 9.59 Å². The Hall–Kier alpha value is -1.32. The topological polar surface area (TPSA) is 57.6 Å². The third kappa shape index (κ3) is 14.7. The van der Waals surface area contributed by atoms with Crippen LogP contribution in [-0.4, -0.2) is 35.0 Å². The lowest BCUT2D eigenvalue weighted by atomic mass is 9.96. The van der Waals surface area contributed by atoms with Crippen LogP contribution in [0.15, 0.2) is 12.2 Å². The number of nitrogens with zero attached hydrogens (tertiary/aromatic N) is 1. The lowest BCUT2D eigenvalue weighted by Gasteiger charge is -2.21. The summed E-state index contributed by atoms with van der Waals surface area (Å²) in [6, 6.07) is 0. The van der Waals surface area contributed by atoms with Crippen LogP contribution in [0.2, 0.25) is 0 Å². The Morgan fingerprint density at radius 2 is 1.29 bits per heavy atom. The zero-order valence-corrected chi connectivity index (χ0v) is 18.8. The van der Waals surface area contributed by atoms with E-state index in [0.717, 1.165) is 19.3 Å². The van der Waals surface area contributed by atoms with Gasteiger partial charge in [-0.1, -0.05) is 70.4 Å². The van der Waals surface area contributed by atoms with E-state index in [2.05, 4.69) is 19.1 Å². The second-order valence-corrected chi connectivity index (χ2v) is 7.82. The van der Waals surface area contributed by atoms with Crippen molar-refractivity contribution >= 4 is 11.9 Å². The molecule has 0 rings (SSSR count). The molecule has 0 saturated carbocycles. The third-order valence-corrected chi connectivity index (χ3v) is 5.45. The number of hydrogen-bond donors (Lipinski definition) is 1. The second-order valence-electron chi connectivity index (χ2n) is 7.82. The van der Waals surface area contributed by atoms with Gasteiger partial charge in [0.15, 0.2) is 0 Å². The highest BCUT2D eigenvalue weighted by Crippen LogP contribution is 2.17. The van der Waals surface area contributed by atoms with Crippen molar-refractivity contribution in [1.29, 1.82) is 0 Å². The Morgan fingerprint density at radius 1 is 0.786 bits per heavy atom. The Labute approximate surface area is 173 Å². The van der Waals surface area contributed by atoms with Gasteiger partial charge in [-0.3, -0.25) is 9.59 Å². The van der Waals surface area contributed by atoms with E-state index >= 15 is 0 Å². The van der Waals surface area contributed by atoms with Gasteiger partial charge >= 0.3 is 5.97 Å². The van der Waals surface area contributed by atoms with Crippen LogP contribution in [0.25, 0.3) is 0 Å². The van der Waals surface area contributed by atoms with Gasteiger partial charge < -0.3 is 10.0 Å².